The van der Waals surface area contributed by atoms with Crippen LogP contribution in [-0.2, 0) is 19.1 Å². The molecule has 27 heavy (non-hydrogen) atoms. The maximum absolute atomic E-state index is 12.3. The summed E-state index contributed by atoms with van der Waals surface area (Å²) < 4.78 is 4.97. The van der Waals surface area contributed by atoms with Crippen LogP contribution in [0.3, 0.4) is 0 Å². The van der Waals surface area contributed by atoms with E-state index in [1.807, 2.05) is 32.0 Å². The van der Waals surface area contributed by atoms with Crippen molar-refractivity contribution in [3.63, 3.8) is 0 Å². The zero-order chi connectivity index (χ0) is 20.1. The van der Waals surface area contributed by atoms with Crippen LogP contribution in [0.1, 0.15) is 31.4 Å². The third-order valence-corrected chi connectivity index (χ3v) is 4.34. The highest BCUT2D eigenvalue weighted by Crippen LogP contribution is 2.29. The molecule has 1 fully saturated rings. The van der Waals surface area contributed by atoms with Gasteiger partial charge in [-0.25, -0.2) is 4.79 Å². The molecule has 0 aromatic heterocycles. The van der Waals surface area contributed by atoms with Gasteiger partial charge in [-0.05, 0) is 44.9 Å². The number of ether oxygens (including phenoxy) is 1. The standard InChI is InChI=1S/C19H25N3O5/c1-11(2)20-19(26)21-16(23)10-27-18(25)14-8-17(24)22(9-14)15-7-5-6-12(3)13(15)4/h5-7,11,14H,8-10H2,1-4H3,(H2,20,21,23,26)/t14-/m0/s1. The minimum atomic E-state index is -0.725. The molecule has 1 aromatic carbocycles. The summed E-state index contributed by atoms with van der Waals surface area (Å²) in [5.74, 6) is -2.16. The Bertz CT molecular complexity index is 760. The van der Waals surface area contributed by atoms with E-state index in [2.05, 4.69) is 10.6 Å². The fourth-order valence-electron chi connectivity index (χ4n) is 2.84. The molecule has 2 N–H and O–H groups in total. The van der Waals surface area contributed by atoms with Crippen LogP contribution >= 0.6 is 0 Å². The first-order valence-electron chi connectivity index (χ1n) is 8.82. The second-order valence-electron chi connectivity index (χ2n) is 6.91. The maximum Gasteiger partial charge on any atom is 0.321 e. The molecular weight excluding hydrogens is 350 g/mol. The quantitative estimate of drug-likeness (QED) is 0.758. The molecule has 4 amide bonds. The van der Waals surface area contributed by atoms with Gasteiger partial charge in [0.1, 0.15) is 0 Å². The molecule has 1 aromatic rings. The maximum atomic E-state index is 12.3. The largest absolute Gasteiger partial charge is 0.455 e. The van der Waals surface area contributed by atoms with Gasteiger partial charge in [0.15, 0.2) is 6.61 Å². The Balaban J connectivity index is 1.89. The molecule has 2 rings (SSSR count). The van der Waals surface area contributed by atoms with E-state index in [-0.39, 0.29) is 24.9 Å². The lowest BCUT2D eigenvalue weighted by atomic mass is 10.1. The van der Waals surface area contributed by atoms with E-state index in [0.29, 0.717) is 0 Å². The summed E-state index contributed by atoms with van der Waals surface area (Å²) in [6.45, 7) is 7.02. The van der Waals surface area contributed by atoms with E-state index >= 15 is 0 Å². The first kappa shape index (κ1) is 20.4. The van der Waals surface area contributed by atoms with Crippen molar-refractivity contribution < 1.29 is 23.9 Å². The van der Waals surface area contributed by atoms with Crippen LogP contribution in [0, 0.1) is 19.8 Å². The van der Waals surface area contributed by atoms with Crippen LogP contribution in [0.5, 0.6) is 0 Å². The van der Waals surface area contributed by atoms with E-state index in [9.17, 15) is 19.2 Å². The second kappa shape index (κ2) is 8.66. The highest BCUT2D eigenvalue weighted by Gasteiger charge is 2.37. The summed E-state index contributed by atoms with van der Waals surface area (Å²) in [7, 11) is 0. The monoisotopic (exact) mass is 375 g/mol. The number of amides is 4. The Kier molecular flexibility index (Phi) is 6.55. The Labute approximate surface area is 158 Å². The van der Waals surface area contributed by atoms with Crippen LogP contribution < -0.4 is 15.5 Å². The van der Waals surface area contributed by atoms with E-state index in [1.54, 1.807) is 18.7 Å². The summed E-state index contributed by atoms with van der Waals surface area (Å²) in [6, 6.07) is 4.89. The number of hydrogen-bond acceptors (Lipinski definition) is 5. The molecule has 1 aliphatic rings. The number of carbonyl (C=O) groups excluding carboxylic acids is 4. The lowest BCUT2D eigenvalue weighted by Gasteiger charge is -2.20. The number of nitrogens with zero attached hydrogens (tertiary/aromatic N) is 1. The summed E-state index contributed by atoms with van der Waals surface area (Å²) in [5.41, 5.74) is 2.82. The number of aryl methyl sites for hydroxylation is 1. The number of benzene rings is 1. The Morgan fingerprint density at radius 2 is 1.96 bits per heavy atom. The number of anilines is 1. The molecule has 0 unspecified atom stereocenters. The van der Waals surface area contributed by atoms with Crippen molar-refractivity contribution in [2.24, 2.45) is 5.92 Å². The van der Waals surface area contributed by atoms with E-state index < -0.39 is 30.4 Å². The van der Waals surface area contributed by atoms with Gasteiger partial charge < -0.3 is 15.0 Å². The molecule has 1 aliphatic heterocycles. The van der Waals surface area contributed by atoms with Crippen molar-refractivity contribution in [1.82, 2.24) is 10.6 Å². The van der Waals surface area contributed by atoms with Gasteiger partial charge in [-0.15, -0.1) is 0 Å². The van der Waals surface area contributed by atoms with Gasteiger partial charge in [-0.3, -0.25) is 19.7 Å². The highest BCUT2D eigenvalue weighted by atomic mass is 16.5. The van der Waals surface area contributed by atoms with Crippen LogP contribution in [0.4, 0.5) is 10.5 Å². The number of urea groups is 1. The molecule has 0 aliphatic carbocycles. The number of hydrogen-bond donors (Lipinski definition) is 2. The molecule has 146 valence electrons. The number of rotatable bonds is 5. The van der Waals surface area contributed by atoms with Crippen LogP contribution in [0.15, 0.2) is 18.2 Å². The van der Waals surface area contributed by atoms with Gasteiger partial charge in [-0.1, -0.05) is 12.1 Å². The fourth-order valence-corrected chi connectivity index (χ4v) is 2.84. The number of esters is 1. The number of carbonyl (C=O) groups is 4. The summed E-state index contributed by atoms with van der Waals surface area (Å²) in [4.78, 5) is 49.2. The average Bonchev–Trinajstić information content (AvgIpc) is 2.96. The van der Waals surface area contributed by atoms with Gasteiger partial charge in [0.25, 0.3) is 5.91 Å². The van der Waals surface area contributed by atoms with Crippen molar-refractivity contribution in [2.75, 3.05) is 18.1 Å². The Morgan fingerprint density at radius 3 is 2.63 bits per heavy atom. The molecular formula is C19H25N3O5. The first-order valence-corrected chi connectivity index (χ1v) is 8.82. The van der Waals surface area contributed by atoms with Gasteiger partial charge in [0.05, 0.1) is 5.92 Å². The highest BCUT2D eigenvalue weighted by molar-refractivity contribution is 6.00. The molecule has 0 saturated carbocycles. The molecule has 0 bridgehead atoms. The normalized spacial score (nSPS) is 16.4. The Morgan fingerprint density at radius 1 is 1.26 bits per heavy atom. The van der Waals surface area contributed by atoms with Crippen LogP contribution in [0.25, 0.3) is 0 Å². The smallest absolute Gasteiger partial charge is 0.321 e. The van der Waals surface area contributed by atoms with E-state index in [4.69, 9.17) is 4.74 Å². The second-order valence-corrected chi connectivity index (χ2v) is 6.91. The minimum Gasteiger partial charge on any atom is -0.455 e. The zero-order valence-corrected chi connectivity index (χ0v) is 16.0. The molecule has 1 atom stereocenters. The van der Waals surface area contributed by atoms with Gasteiger partial charge >= 0.3 is 12.0 Å². The summed E-state index contributed by atoms with van der Waals surface area (Å²) >= 11 is 0. The van der Waals surface area contributed by atoms with Crippen molar-refractivity contribution >= 4 is 29.5 Å². The van der Waals surface area contributed by atoms with Crippen molar-refractivity contribution in [1.29, 1.82) is 0 Å². The van der Waals surface area contributed by atoms with E-state index in [1.165, 1.54) is 0 Å². The molecule has 0 radical (unpaired) electrons. The third-order valence-electron chi connectivity index (χ3n) is 4.34. The molecule has 0 spiro atoms. The predicted octanol–water partition coefficient (Wildman–Crippen LogP) is 1.43. The van der Waals surface area contributed by atoms with Crippen LogP contribution in [0.2, 0.25) is 0 Å². The van der Waals surface area contributed by atoms with Crippen LogP contribution in [-0.4, -0.2) is 43.0 Å². The first-order chi connectivity index (χ1) is 12.7. The van der Waals surface area contributed by atoms with Crippen molar-refractivity contribution in [3.05, 3.63) is 29.3 Å². The molecule has 1 heterocycles. The Hall–Kier alpha value is -2.90. The molecule has 8 nitrogen and oxygen atoms in total. The lowest BCUT2D eigenvalue weighted by Crippen LogP contribution is -2.44. The van der Waals surface area contributed by atoms with Crippen molar-refractivity contribution in [3.8, 4) is 0 Å². The minimum absolute atomic E-state index is 0.0294. The van der Waals surface area contributed by atoms with Gasteiger partial charge in [0.2, 0.25) is 5.91 Å². The number of nitrogens with one attached hydrogen (secondary N) is 2. The van der Waals surface area contributed by atoms with Gasteiger partial charge in [-0.2, -0.15) is 0 Å². The van der Waals surface area contributed by atoms with Crippen molar-refractivity contribution in [2.45, 2.75) is 40.2 Å². The fraction of sp³-hybridized carbons (Fsp3) is 0.474. The summed E-state index contributed by atoms with van der Waals surface area (Å²) in [6.07, 6.45) is 0.0294. The molecule has 1 saturated heterocycles. The average molecular weight is 375 g/mol. The van der Waals surface area contributed by atoms with Gasteiger partial charge in [0, 0.05) is 24.7 Å². The molecule has 8 heteroatoms. The zero-order valence-electron chi connectivity index (χ0n) is 16.0. The SMILES string of the molecule is Cc1cccc(N2C[C@@H](C(=O)OCC(=O)NC(=O)NC(C)C)CC2=O)c1C. The summed E-state index contributed by atoms with van der Waals surface area (Å²) in [5, 5.41) is 4.56. The number of imide groups is 1. The predicted molar refractivity (Wildman–Crippen MR) is 99.1 cm³/mol. The van der Waals surface area contributed by atoms with E-state index in [0.717, 1.165) is 16.8 Å². The third kappa shape index (κ3) is 5.29. The lowest BCUT2D eigenvalue weighted by molar-refractivity contribution is -0.152. The topological polar surface area (TPSA) is 105 Å².